The molecule has 1 aliphatic rings. The third kappa shape index (κ3) is 6.13. The predicted octanol–water partition coefficient (Wildman–Crippen LogP) is 2.79. The molecule has 1 amide bonds. The Bertz CT molecular complexity index is 1040. The molecule has 0 aromatic heterocycles. The molecule has 0 aliphatic carbocycles. The quantitative estimate of drug-likeness (QED) is 0.618. The van der Waals surface area contributed by atoms with Crippen LogP contribution in [0.15, 0.2) is 53.4 Å². The maximum atomic E-state index is 12.6. The van der Waals surface area contributed by atoms with Crippen LogP contribution >= 0.6 is 0 Å². The largest absolute Gasteiger partial charge is 0.495 e. The maximum absolute atomic E-state index is 12.6. The van der Waals surface area contributed by atoms with Gasteiger partial charge in [-0.05, 0) is 48.7 Å². The highest BCUT2D eigenvalue weighted by atomic mass is 32.2. The van der Waals surface area contributed by atoms with E-state index in [1.54, 1.807) is 12.4 Å². The van der Waals surface area contributed by atoms with Gasteiger partial charge in [0, 0.05) is 25.2 Å². The molecule has 11 heteroatoms. The third-order valence-corrected chi connectivity index (χ3v) is 6.59. The SMILES string of the molecule is COc1ccccc1N1CCC(CNS(=O)(=O)c2ccc(C(=O)NCC(F)(F)F)cc2)C1. The van der Waals surface area contributed by atoms with E-state index < -0.39 is 28.7 Å². The fourth-order valence-corrected chi connectivity index (χ4v) is 4.60. The Morgan fingerprint density at radius 2 is 1.84 bits per heavy atom. The number of nitrogens with one attached hydrogen (secondary N) is 2. The molecule has 174 valence electrons. The number of halogens is 3. The summed E-state index contributed by atoms with van der Waals surface area (Å²) in [5, 5.41) is 1.74. The highest BCUT2D eigenvalue weighted by Crippen LogP contribution is 2.31. The van der Waals surface area contributed by atoms with Crippen molar-refractivity contribution in [2.24, 2.45) is 5.92 Å². The van der Waals surface area contributed by atoms with E-state index in [0.29, 0.717) is 6.54 Å². The highest BCUT2D eigenvalue weighted by molar-refractivity contribution is 7.89. The lowest BCUT2D eigenvalue weighted by Crippen LogP contribution is -2.33. The molecule has 1 aliphatic heterocycles. The van der Waals surface area contributed by atoms with Crippen molar-refractivity contribution in [3.8, 4) is 5.75 Å². The van der Waals surface area contributed by atoms with E-state index in [1.807, 2.05) is 24.3 Å². The number of anilines is 1. The molecule has 2 aromatic carbocycles. The van der Waals surface area contributed by atoms with Crippen LogP contribution < -0.4 is 19.7 Å². The molecule has 7 nitrogen and oxygen atoms in total. The van der Waals surface area contributed by atoms with Crippen molar-refractivity contribution in [2.75, 3.05) is 38.2 Å². The van der Waals surface area contributed by atoms with E-state index in [9.17, 15) is 26.4 Å². The van der Waals surface area contributed by atoms with Gasteiger partial charge in [-0.3, -0.25) is 4.79 Å². The molecule has 1 atom stereocenters. The number of hydrogen-bond acceptors (Lipinski definition) is 5. The Balaban J connectivity index is 1.56. The van der Waals surface area contributed by atoms with Gasteiger partial charge in [-0.25, -0.2) is 13.1 Å². The minimum absolute atomic E-state index is 0.0588. The van der Waals surface area contributed by atoms with Crippen LogP contribution in [0.2, 0.25) is 0 Å². The van der Waals surface area contributed by atoms with Crippen LogP contribution in [0, 0.1) is 5.92 Å². The first-order chi connectivity index (χ1) is 15.1. The van der Waals surface area contributed by atoms with Crippen molar-refractivity contribution in [1.82, 2.24) is 10.0 Å². The zero-order valence-electron chi connectivity index (χ0n) is 17.4. The zero-order valence-corrected chi connectivity index (χ0v) is 18.2. The van der Waals surface area contributed by atoms with Crippen molar-refractivity contribution in [3.05, 3.63) is 54.1 Å². The summed E-state index contributed by atoms with van der Waals surface area (Å²) in [7, 11) is -2.22. The summed E-state index contributed by atoms with van der Waals surface area (Å²) < 4.78 is 69.8. The fraction of sp³-hybridized carbons (Fsp3) is 0.381. The van der Waals surface area contributed by atoms with Crippen LogP contribution in [0.5, 0.6) is 5.75 Å². The molecule has 0 saturated carbocycles. The first kappa shape index (κ1) is 23.9. The number of rotatable bonds is 8. The summed E-state index contributed by atoms with van der Waals surface area (Å²) in [4.78, 5) is 13.8. The standard InChI is InChI=1S/C21H24F3N3O4S/c1-31-19-5-3-2-4-18(19)27-11-10-15(13-27)12-26-32(29,30)17-8-6-16(7-9-17)20(28)25-14-21(22,23)24/h2-9,15,26H,10-14H2,1H3,(H,25,28). The topological polar surface area (TPSA) is 87.7 Å². The lowest BCUT2D eigenvalue weighted by molar-refractivity contribution is -0.123. The number of benzene rings is 2. The molecular formula is C21H24F3N3O4S. The van der Waals surface area contributed by atoms with Crippen molar-refractivity contribution >= 4 is 21.6 Å². The number of ether oxygens (including phenoxy) is 1. The summed E-state index contributed by atoms with van der Waals surface area (Å²) >= 11 is 0. The lowest BCUT2D eigenvalue weighted by Gasteiger charge is -2.21. The van der Waals surface area contributed by atoms with Crippen LogP contribution in [-0.2, 0) is 10.0 Å². The molecule has 0 radical (unpaired) electrons. The van der Waals surface area contributed by atoms with Crippen molar-refractivity contribution in [3.63, 3.8) is 0 Å². The predicted molar refractivity (Wildman–Crippen MR) is 113 cm³/mol. The van der Waals surface area contributed by atoms with Crippen LogP contribution in [0.1, 0.15) is 16.8 Å². The normalized spacial score (nSPS) is 16.8. The second-order valence-electron chi connectivity index (χ2n) is 7.45. The Hall–Kier alpha value is -2.79. The van der Waals surface area contributed by atoms with Gasteiger partial charge in [-0.1, -0.05) is 12.1 Å². The number of nitrogens with zero attached hydrogens (tertiary/aromatic N) is 1. The second-order valence-corrected chi connectivity index (χ2v) is 9.21. The molecular weight excluding hydrogens is 447 g/mol. The van der Waals surface area contributed by atoms with Gasteiger partial charge in [0.25, 0.3) is 5.91 Å². The molecule has 3 rings (SSSR count). The van der Waals surface area contributed by atoms with Crippen LogP contribution in [-0.4, -0.2) is 53.8 Å². The smallest absolute Gasteiger partial charge is 0.405 e. The molecule has 1 heterocycles. The van der Waals surface area contributed by atoms with E-state index in [0.717, 1.165) is 24.4 Å². The minimum atomic E-state index is -4.52. The molecule has 1 saturated heterocycles. The van der Waals surface area contributed by atoms with Crippen molar-refractivity contribution in [2.45, 2.75) is 17.5 Å². The van der Waals surface area contributed by atoms with Gasteiger partial charge in [-0.15, -0.1) is 0 Å². The van der Waals surface area contributed by atoms with Crippen molar-refractivity contribution < 1.29 is 31.1 Å². The van der Waals surface area contributed by atoms with E-state index in [4.69, 9.17) is 4.74 Å². The Morgan fingerprint density at radius 1 is 1.16 bits per heavy atom. The van der Waals surface area contributed by atoms with E-state index in [2.05, 4.69) is 9.62 Å². The monoisotopic (exact) mass is 471 g/mol. The molecule has 32 heavy (non-hydrogen) atoms. The van der Waals surface area contributed by atoms with E-state index in [1.165, 1.54) is 24.3 Å². The highest BCUT2D eigenvalue weighted by Gasteiger charge is 2.28. The number of carbonyl (C=O) groups is 1. The molecule has 1 unspecified atom stereocenters. The Morgan fingerprint density at radius 3 is 2.50 bits per heavy atom. The average molecular weight is 472 g/mol. The second kappa shape index (κ2) is 9.78. The van der Waals surface area contributed by atoms with Gasteiger partial charge in [-0.2, -0.15) is 13.2 Å². The minimum Gasteiger partial charge on any atom is -0.495 e. The van der Waals surface area contributed by atoms with Gasteiger partial charge in [0.05, 0.1) is 17.7 Å². The zero-order chi connectivity index (χ0) is 23.4. The molecule has 1 fully saturated rings. The van der Waals surface area contributed by atoms with Crippen molar-refractivity contribution in [1.29, 1.82) is 0 Å². The van der Waals surface area contributed by atoms with Gasteiger partial charge in [0.2, 0.25) is 10.0 Å². The lowest BCUT2D eigenvalue weighted by atomic mass is 10.1. The number of amides is 1. The number of methoxy groups -OCH3 is 1. The van der Waals surface area contributed by atoms with Crippen LogP contribution in [0.3, 0.4) is 0 Å². The summed E-state index contributed by atoms with van der Waals surface area (Å²) in [6.07, 6.45) is -3.72. The summed E-state index contributed by atoms with van der Waals surface area (Å²) in [5.74, 6) is -0.0724. The summed E-state index contributed by atoms with van der Waals surface area (Å²) in [5.41, 5.74) is 0.899. The number of para-hydroxylation sites is 2. The van der Waals surface area contributed by atoms with Gasteiger partial charge in [0.1, 0.15) is 12.3 Å². The molecule has 0 bridgehead atoms. The molecule has 2 N–H and O–H groups in total. The number of sulfonamides is 1. The average Bonchev–Trinajstić information content (AvgIpc) is 3.24. The van der Waals surface area contributed by atoms with Crippen LogP contribution in [0.25, 0.3) is 0 Å². The van der Waals surface area contributed by atoms with E-state index >= 15 is 0 Å². The summed E-state index contributed by atoms with van der Waals surface area (Å²) in [6.45, 7) is 0.220. The molecule has 2 aromatic rings. The molecule has 0 spiro atoms. The number of hydrogen-bond donors (Lipinski definition) is 2. The Labute approximate surface area is 184 Å². The fourth-order valence-electron chi connectivity index (χ4n) is 3.49. The maximum Gasteiger partial charge on any atom is 0.405 e. The Kier molecular flexibility index (Phi) is 7.29. The third-order valence-electron chi connectivity index (χ3n) is 5.15. The first-order valence-corrected chi connectivity index (χ1v) is 11.4. The van der Waals surface area contributed by atoms with Gasteiger partial charge in [0.15, 0.2) is 0 Å². The number of alkyl halides is 3. The van der Waals surface area contributed by atoms with E-state index in [-0.39, 0.29) is 22.9 Å². The van der Waals surface area contributed by atoms with Gasteiger partial charge >= 0.3 is 6.18 Å². The number of carbonyl (C=O) groups excluding carboxylic acids is 1. The van der Waals surface area contributed by atoms with Crippen LogP contribution in [0.4, 0.5) is 18.9 Å². The first-order valence-electron chi connectivity index (χ1n) is 9.92. The summed E-state index contributed by atoms with van der Waals surface area (Å²) in [6, 6.07) is 12.4. The van der Waals surface area contributed by atoms with Gasteiger partial charge < -0.3 is 15.0 Å².